The molecule has 2 aromatic rings. The van der Waals surface area contributed by atoms with Crippen molar-refractivity contribution in [3.63, 3.8) is 0 Å². The van der Waals surface area contributed by atoms with Crippen molar-refractivity contribution < 1.29 is 0 Å². The molecule has 0 spiro atoms. The molecule has 1 aromatic heterocycles. The van der Waals surface area contributed by atoms with Gasteiger partial charge in [-0.25, -0.2) is 9.67 Å². The molecule has 19 heavy (non-hydrogen) atoms. The molecular formula is C11H11N7S. The Morgan fingerprint density at radius 2 is 2.37 bits per heavy atom. The third-order valence-corrected chi connectivity index (χ3v) is 2.96. The number of nitrogens with zero attached hydrogens (tertiary/aromatic N) is 6. The molecule has 1 N–H and O–H groups in total. The summed E-state index contributed by atoms with van der Waals surface area (Å²) in [4.78, 5) is 4.40. The molecule has 1 aromatic carbocycles. The number of benzene rings is 1. The number of amidine groups is 1. The number of nitrogens with one attached hydrogen (secondary N) is 1. The summed E-state index contributed by atoms with van der Waals surface area (Å²) in [5.74, 6) is 0. The van der Waals surface area contributed by atoms with E-state index in [1.54, 1.807) is 4.68 Å². The van der Waals surface area contributed by atoms with Crippen LogP contribution in [-0.2, 0) is 0 Å². The molecule has 0 radical (unpaired) electrons. The zero-order valence-corrected chi connectivity index (χ0v) is 11.2. The van der Waals surface area contributed by atoms with Crippen LogP contribution in [-0.4, -0.2) is 31.6 Å². The van der Waals surface area contributed by atoms with Crippen LogP contribution in [0.2, 0.25) is 0 Å². The van der Waals surface area contributed by atoms with Crippen LogP contribution in [0.25, 0.3) is 5.69 Å². The smallest absolute Gasteiger partial charge is 0.183 e. The molecule has 8 heteroatoms. The first-order chi connectivity index (χ1) is 9.24. The molecule has 0 aliphatic rings. The second-order valence-corrected chi connectivity index (χ2v) is 4.38. The van der Waals surface area contributed by atoms with Crippen LogP contribution in [0, 0.1) is 18.4 Å². The summed E-state index contributed by atoms with van der Waals surface area (Å²) in [6.45, 7) is 1.95. The number of nitriles is 1. The van der Waals surface area contributed by atoms with Gasteiger partial charge in [0.15, 0.2) is 11.4 Å². The van der Waals surface area contributed by atoms with E-state index in [0.717, 1.165) is 16.9 Å². The van der Waals surface area contributed by atoms with Gasteiger partial charge in [0.2, 0.25) is 0 Å². The van der Waals surface area contributed by atoms with Gasteiger partial charge >= 0.3 is 0 Å². The van der Waals surface area contributed by atoms with Crippen LogP contribution >= 0.6 is 11.8 Å². The van der Waals surface area contributed by atoms with Gasteiger partial charge in [0.1, 0.15) is 6.33 Å². The van der Waals surface area contributed by atoms with Gasteiger partial charge in [-0.05, 0) is 41.3 Å². The zero-order chi connectivity index (χ0) is 13.7. The topological polar surface area (TPSA) is 91.8 Å². The van der Waals surface area contributed by atoms with Crippen molar-refractivity contribution in [1.82, 2.24) is 25.5 Å². The Morgan fingerprint density at radius 3 is 3.00 bits per heavy atom. The number of rotatable bonds is 2. The van der Waals surface area contributed by atoms with E-state index in [1.807, 2.05) is 37.6 Å². The van der Waals surface area contributed by atoms with Crippen molar-refractivity contribution in [1.29, 1.82) is 5.26 Å². The summed E-state index contributed by atoms with van der Waals surface area (Å²) < 4.78 is 1.55. The third-order valence-electron chi connectivity index (χ3n) is 2.38. The lowest BCUT2D eigenvalue weighted by atomic mass is 10.2. The number of tetrazole rings is 1. The lowest BCUT2D eigenvalue weighted by molar-refractivity contribution is 0.789. The first-order valence-electron chi connectivity index (χ1n) is 5.36. The van der Waals surface area contributed by atoms with Crippen LogP contribution in [0.5, 0.6) is 0 Å². The average Bonchev–Trinajstić information content (AvgIpc) is 2.94. The number of thioether (sulfide) groups is 1. The van der Waals surface area contributed by atoms with Gasteiger partial charge in [0, 0.05) is 0 Å². The number of hydrogen-bond acceptors (Lipinski definition) is 6. The van der Waals surface area contributed by atoms with E-state index in [2.05, 4.69) is 25.8 Å². The maximum Gasteiger partial charge on any atom is 0.183 e. The molecule has 96 valence electrons. The van der Waals surface area contributed by atoms with Crippen molar-refractivity contribution in [3.8, 4) is 11.9 Å². The number of aliphatic imine (C=N–C) groups is 1. The van der Waals surface area contributed by atoms with Gasteiger partial charge in [0.25, 0.3) is 0 Å². The molecule has 2 rings (SSSR count). The minimum atomic E-state index is 0.541. The highest BCUT2D eigenvalue weighted by molar-refractivity contribution is 8.13. The number of aryl methyl sites for hydroxylation is 1. The summed E-state index contributed by atoms with van der Waals surface area (Å²) in [5, 5.41) is 22.7. The predicted molar refractivity (Wildman–Crippen MR) is 73.2 cm³/mol. The highest BCUT2D eigenvalue weighted by Gasteiger charge is 2.04. The lowest BCUT2D eigenvalue weighted by Crippen LogP contribution is -2.12. The maximum atomic E-state index is 8.63. The molecule has 0 aliphatic heterocycles. The summed E-state index contributed by atoms with van der Waals surface area (Å²) in [6.07, 6.45) is 5.23. The summed E-state index contributed by atoms with van der Waals surface area (Å²) in [5.41, 5.74) is 2.58. The quantitative estimate of drug-likeness (QED) is 0.385. The van der Waals surface area contributed by atoms with Crippen molar-refractivity contribution in [2.24, 2.45) is 4.99 Å². The molecule has 0 unspecified atom stereocenters. The zero-order valence-electron chi connectivity index (χ0n) is 10.4. The largest absolute Gasteiger partial charge is 0.271 e. The average molecular weight is 273 g/mol. The first kappa shape index (κ1) is 13.0. The fraction of sp³-hybridized carbons (Fsp3) is 0.182. The van der Waals surface area contributed by atoms with Crippen LogP contribution in [0.4, 0.5) is 5.69 Å². The van der Waals surface area contributed by atoms with Crippen LogP contribution in [0.15, 0.2) is 29.5 Å². The van der Waals surface area contributed by atoms with Gasteiger partial charge in [0.05, 0.1) is 11.4 Å². The van der Waals surface area contributed by atoms with Crippen LogP contribution < -0.4 is 5.32 Å². The van der Waals surface area contributed by atoms with Crippen LogP contribution in [0.3, 0.4) is 0 Å². The number of hydrogen-bond donors (Lipinski definition) is 1. The molecule has 0 atom stereocenters. The Morgan fingerprint density at radius 1 is 1.53 bits per heavy atom. The third kappa shape index (κ3) is 3.08. The lowest BCUT2D eigenvalue weighted by Gasteiger charge is -2.06. The van der Waals surface area contributed by atoms with Crippen molar-refractivity contribution in [2.45, 2.75) is 6.92 Å². The Hall–Kier alpha value is -2.40. The second-order valence-electron chi connectivity index (χ2n) is 3.58. The van der Waals surface area contributed by atoms with Crippen molar-refractivity contribution in [2.75, 3.05) is 6.26 Å². The highest BCUT2D eigenvalue weighted by atomic mass is 32.2. The van der Waals surface area contributed by atoms with Crippen molar-refractivity contribution >= 4 is 22.6 Å². The summed E-state index contributed by atoms with van der Waals surface area (Å²) >= 11 is 1.37. The number of aromatic nitrogens is 4. The molecule has 0 fully saturated rings. The minimum absolute atomic E-state index is 0.541. The van der Waals surface area contributed by atoms with E-state index >= 15 is 0 Å². The normalized spacial score (nSPS) is 11.1. The fourth-order valence-electron chi connectivity index (χ4n) is 1.42. The van der Waals surface area contributed by atoms with Gasteiger partial charge < -0.3 is 0 Å². The molecule has 0 saturated heterocycles. The molecular weight excluding hydrogens is 262 g/mol. The van der Waals surface area contributed by atoms with Gasteiger partial charge in [-0.2, -0.15) is 5.26 Å². The highest BCUT2D eigenvalue weighted by Crippen LogP contribution is 2.22. The fourth-order valence-corrected chi connectivity index (χ4v) is 1.76. The van der Waals surface area contributed by atoms with E-state index in [-0.39, 0.29) is 0 Å². The predicted octanol–water partition coefficient (Wildman–Crippen LogP) is 1.39. The molecule has 0 saturated carbocycles. The standard InChI is InChI=1S/C11H11N7S/c1-8-3-4-9(18-7-14-16-17-18)5-10(8)15-11(19-2)13-6-12/h3-5,7H,1-2H3,(H,13,15). The van der Waals surface area contributed by atoms with Gasteiger partial charge in [-0.1, -0.05) is 17.8 Å². The SMILES string of the molecule is CSC(=Nc1cc(-n2cnnn2)ccc1C)NC#N. The minimum Gasteiger partial charge on any atom is -0.271 e. The van der Waals surface area contributed by atoms with Crippen LogP contribution in [0.1, 0.15) is 5.56 Å². The van der Waals surface area contributed by atoms with Gasteiger partial charge in [-0.3, -0.25) is 5.32 Å². The Labute approximate surface area is 114 Å². The monoisotopic (exact) mass is 273 g/mol. The first-order valence-corrected chi connectivity index (χ1v) is 6.59. The van der Waals surface area contributed by atoms with E-state index in [9.17, 15) is 0 Å². The van der Waals surface area contributed by atoms with E-state index < -0.39 is 0 Å². The van der Waals surface area contributed by atoms with E-state index in [0.29, 0.717) is 5.17 Å². The van der Waals surface area contributed by atoms with Gasteiger partial charge in [-0.15, -0.1) is 5.10 Å². The second kappa shape index (κ2) is 5.97. The van der Waals surface area contributed by atoms with E-state index in [1.165, 1.54) is 18.1 Å². The van der Waals surface area contributed by atoms with Crippen molar-refractivity contribution in [3.05, 3.63) is 30.1 Å². The summed E-state index contributed by atoms with van der Waals surface area (Å²) in [7, 11) is 0. The molecule has 1 heterocycles. The maximum absolute atomic E-state index is 8.63. The Bertz CT molecular complexity index is 627. The Kier molecular flexibility index (Phi) is 4.10. The molecule has 0 bridgehead atoms. The molecule has 7 nitrogen and oxygen atoms in total. The van der Waals surface area contributed by atoms with E-state index in [4.69, 9.17) is 5.26 Å². The Balaban J connectivity index is 2.40. The molecule has 0 amide bonds. The summed E-state index contributed by atoms with van der Waals surface area (Å²) in [6, 6.07) is 5.70. The molecule has 0 aliphatic carbocycles.